The molecule has 2 saturated heterocycles. The summed E-state index contributed by atoms with van der Waals surface area (Å²) in [5.74, 6) is 0. The largest absolute Gasteiger partial charge is 0.372 e. The van der Waals surface area contributed by atoms with E-state index in [9.17, 15) is 0 Å². The molecule has 3 nitrogen and oxygen atoms in total. The van der Waals surface area contributed by atoms with Crippen molar-refractivity contribution in [2.24, 2.45) is 5.73 Å². The van der Waals surface area contributed by atoms with Crippen molar-refractivity contribution in [3.63, 3.8) is 0 Å². The van der Waals surface area contributed by atoms with Crippen molar-refractivity contribution < 1.29 is 4.74 Å². The van der Waals surface area contributed by atoms with Crippen LogP contribution in [0.1, 0.15) is 29.3 Å². The Kier molecular flexibility index (Phi) is 3.21. The Morgan fingerprint density at radius 3 is 2.71 bits per heavy atom. The first-order valence-corrected chi connectivity index (χ1v) is 7.29. The van der Waals surface area contributed by atoms with Gasteiger partial charge in [0.25, 0.3) is 0 Å². The summed E-state index contributed by atoms with van der Waals surface area (Å²) in [7, 11) is 0. The molecule has 3 heterocycles. The van der Waals surface area contributed by atoms with Crippen LogP contribution in [0.15, 0.2) is 11.4 Å². The maximum Gasteiger partial charge on any atom is 0.0707 e. The molecule has 0 aliphatic carbocycles. The first-order valence-electron chi connectivity index (χ1n) is 6.41. The second-order valence-electron chi connectivity index (χ2n) is 5.13. The number of thiophene rings is 1. The Morgan fingerprint density at radius 2 is 2.18 bits per heavy atom. The van der Waals surface area contributed by atoms with E-state index in [0.29, 0.717) is 24.8 Å². The third-order valence-electron chi connectivity index (χ3n) is 3.94. The van der Waals surface area contributed by atoms with Gasteiger partial charge >= 0.3 is 0 Å². The minimum absolute atomic E-state index is 0.391. The molecule has 4 heteroatoms. The highest BCUT2D eigenvalue weighted by Gasteiger charge is 2.37. The summed E-state index contributed by atoms with van der Waals surface area (Å²) < 4.78 is 5.89. The third kappa shape index (κ3) is 2.15. The highest BCUT2D eigenvalue weighted by molar-refractivity contribution is 7.10. The van der Waals surface area contributed by atoms with Gasteiger partial charge in [-0.1, -0.05) is 0 Å². The van der Waals surface area contributed by atoms with E-state index in [1.54, 1.807) is 0 Å². The molecule has 0 radical (unpaired) electrons. The lowest BCUT2D eigenvalue weighted by molar-refractivity contribution is -0.0517. The van der Waals surface area contributed by atoms with Crippen LogP contribution < -0.4 is 5.73 Å². The van der Waals surface area contributed by atoms with Crippen LogP contribution in [0.5, 0.6) is 0 Å². The summed E-state index contributed by atoms with van der Waals surface area (Å²) in [4.78, 5) is 3.97. The number of nitrogens with two attached hydrogens (primary N) is 1. The number of hydrogen-bond acceptors (Lipinski definition) is 4. The maximum atomic E-state index is 6.00. The number of likely N-dealkylation sites (tertiary alicyclic amines) is 1. The number of rotatable bonds is 3. The number of morpholine rings is 1. The van der Waals surface area contributed by atoms with Gasteiger partial charge in [-0.25, -0.2) is 0 Å². The summed E-state index contributed by atoms with van der Waals surface area (Å²) in [6.07, 6.45) is 3.34. The van der Waals surface area contributed by atoms with Crippen molar-refractivity contribution in [2.75, 3.05) is 19.6 Å². The molecule has 2 bridgehead atoms. The summed E-state index contributed by atoms with van der Waals surface area (Å²) in [5.41, 5.74) is 7.38. The summed E-state index contributed by atoms with van der Waals surface area (Å²) >= 11 is 1.84. The molecule has 3 rings (SSSR count). The number of fused-ring (bicyclic) bond motifs is 2. The van der Waals surface area contributed by atoms with Gasteiger partial charge in [0.05, 0.1) is 18.2 Å². The van der Waals surface area contributed by atoms with E-state index in [2.05, 4.69) is 23.3 Å². The standard InChI is InChI=1S/C13H20N2OS/c1-9-4-5-17-13(9)12(6-14)15-7-10-2-3-11(8-15)16-10/h4-5,10-12H,2-3,6-8,14H2,1H3. The van der Waals surface area contributed by atoms with Gasteiger partial charge < -0.3 is 10.5 Å². The third-order valence-corrected chi connectivity index (χ3v) is 5.06. The van der Waals surface area contributed by atoms with Crippen LogP contribution in [-0.4, -0.2) is 36.7 Å². The molecule has 3 atom stereocenters. The number of hydrogen-bond donors (Lipinski definition) is 1. The highest BCUT2D eigenvalue weighted by Crippen LogP contribution is 2.34. The maximum absolute atomic E-state index is 6.00. The Bertz CT molecular complexity index is 381. The van der Waals surface area contributed by atoms with Gasteiger partial charge in [-0.05, 0) is 36.8 Å². The van der Waals surface area contributed by atoms with E-state index in [4.69, 9.17) is 10.5 Å². The Hall–Kier alpha value is -0.420. The number of nitrogens with zero attached hydrogens (tertiary/aromatic N) is 1. The van der Waals surface area contributed by atoms with Gasteiger partial charge in [-0.3, -0.25) is 4.90 Å². The molecule has 2 N–H and O–H groups in total. The summed E-state index contributed by atoms with van der Waals surface area (Å²) in [5, 5.41) is 2.17. The number of ether oxygens (including phenoxy) is 1. The summed E-state index contributed by atoms with van der Waals surface area (Å²) in [6, 6.07) is 2.58. The predicted molar refractivity (Wildman–Crippen MR) is 70.3 cm³/mol. The van der Waals surface area contributed by atoms with Crippen LogP contribution in [0, 0.1) is 6.92 Å². The van der Waals surface area contributed by atoms with E-state index >= 15 is 0 Å². The molecule has 0 amide bonds. The van der Waals surface area contributed by atoms with Crippen molar-refractivity contribution in [3.8, 4) is 0 Å². The predicted octanol–water partition coefficient (Wildman–Crippen LogP) is 1.92. The minimum Gasteiger partial charge on any atom is -0.372 e. The molecule has 0 aromatic carbocycles. The molecule has 0 spiro atoms. The zero-order valence-corrected chi connectivity index (χ0v) is 11.1. The fourth-order valence-corrected chi connectivity index (χ4v) is 4.12. The van der Waals surface area contributed by atoms with Crippen LogP contribution in [0.2, 0.25) is 0 Å². The lowest BCUT2D eigenvalue weighted by atomic mass is 10.1. The van der Waals surface area contributed by atoms with Gasteiger partial charge in [-0.15, -0.1) is 11.3 Å². The van der Waals surface area contributed by atoms with Crippen LogP contribution in [-0.2, 0) is 4.74 Å². The lowest BCUT2D eigenvalue weighted by Gasteiger charge is -2.37. The van der Waals surface area contributed by atoms with E-state index in [1.165, 1.54) is 23.3 Å². The quantitative estimate of drug-likeness (QED) is 0.893. The van der Waals surface area contributed by atoms with Crippen molar-refractivity contribution in [1.82, 2.24) is 4.90 Å². The van der Waals surface area contributed by atoms with Gasteiger partial charge in [0, 0.05) is 24.5 Å². The van der Waals surface area contributed by atoms with Gasteiger partial charge in [-0.2, -0.15) is 0 Å². The van der Waals surface area contributed by atoms with Crippen molar-refractivity contribution in [3.05, 3.63) is 21.9 Å². The zero-order valence-electron chi connectivity index (χ0n) is 10.3. The van der Waals surface area contributed by atoms with Crippen LogP contribution in [0.25, 0.3) is 0 Å². The Morgan fingerprint density at radius 1 is 1.47 bits per heavy atom. The SMILES string of the molecule is Cc1ccsc1C(CN)N1CC2CCC(C1)O2. The first-order chi connectivity index (χ1) is 8.28. The second-order valence-corrected chi connectivity index (χ2v) is 6.08. The number of aryl methyl sites for hydroxylation is 1. The first kappa shape index (κ1) is 11.7. The fraction of sp³-hybridized carbons (Fsp3) is 0.692. The minimum atomic E-state index is 0.391. The molecule has 1 aromatic rings. The monoisotopic (exact) mass is 252 g/mol. The van der Waals surface area contributed by atoms with E-state index in [-0.39, 0.29) is 0 Å². The average Bonchev–Trinajstić information content (AvgIpc) is 2.88. The Balaban J connectivity index is 1.79. The highest BCUT2D eigenvalue weighted by atomic mass is 32.1. The molecule has 2 fully saturated rings. The Labute approximate surface area is 107 Å². The van der Waals surface area contributed by atoms with E-state index < -0.39 is 0 Å². The molecule has 1 aromatic heterocycles. The lowest BCUT2D eigenvalue weighted by Crippen LogP contribution is -2.46. The zero-order chi connectivity index (χ0) is 11.8. The van der Waals surface area contributed by atoms with Gasteiger partial charge in [0.15, 0.2) is 0 Å². The van der Waals surface area contributed by atoms with Gasteiger partial charge in [0.1, 0.15) is 0 Å². The van der Waals surface area contributed by atoms with Gasteiger partial charge in [0.2, 0.25) is 0 Å². The molecular weight excluding hydrogens is 232 g/mol. The molecule has 3 unspecified atom stereocenters. The van der Waals surface area contributed by atoms with Crippen LogP contribution in [0.4, 0.5) is 0 Å². The molecule has 94 valence electrons. The van der Waals surface area contributed by atoms with Crippen molar-refractivity contribution in [2.45, 2.75) is 38.0 Å². The normalized spacial score (nSPS) is 30.7. The van der Waals surface area contributed by atoms with Crippen molar-refractivity contribution >= 4 is 11.3 Å². The second kappa shape index (κ2) is 4.69. The molecule has 2 aliphatic heterocycles. The molecular formula is C13H20N2OS. The van der Waals surface area contributed by atoms with Crippen molar-refractivity contribution in [1.29, 1.82) is 0 Å². The van der Waals surface area contributed by atoms with Crippen LogP contribution in [0.3, 0.4) is 0 Å². The summed E-state index contributed by atoms with van der Waals surface area (Å²) in [6.45, 7) is 5.00. The topological polar surface area (TPSA) is 38.5 Å². The molecule has 2 aliphatic rings. The molecule has 0 saturated carbocycles. The fourth-order valence-electron chi connectivity index (χ4n) is 3.05. The van der Waals surface area contributed by atoms with E-state index in [1.807, 2.05) is 11.3 Å². The smallest absolute Gasteiger partial charge is 0.0707 e. The van der Waals surface area contributed by atoms with E-state index in [0.717, 1.165) is 13.1 Å². The van der Waals surface area contributed by atoms with Crippen LogP contribution >= 0.6 is 11.3 Å². The average molecular weight is 252 g/mol. The molecule has 17 heavy (non-hydrogen) atoms.